The van der Waals surface area contributed by atoms with Gasteiger partial charge in [-0.3, -0.25) is 9.59 Å². The summed E-state index contributed by atoms with van der Waals surface area (Å²) in [6.45, 7) is 4.41. The van der Waals surface area contributed by atoms with Crippen molar-refractivity contribution in [1.82, 2.24) is 0 Å². The van der Waals surface area contributed by atoms with Gasteiger partial charge in [0.05, 0.1) is 16.9 Å². The first-order valence-corrected chi connectivity index (χ1v) is 13.4. The monoisotopic (exact) mass is 497 g/mol. The number of para-hydroxylation sites is 1. The molecule has 4 aromatic carbocycles. The summed E-state index contributed by atoms with van der Waals surface area (Å²) in [6, 6.07) is 27.7. The van der Waals surface area contributed by atoms with E-state index in [4.69, 9.17) is 0 Å². The molecule has 0 saturated heterocycles. The average Bonchev–Trinajstić information content (AvgIpc) is 3.50. The SMILES string of the molecule is CC(C)c1ccc(N2c3ccccc3-c3cccc4c(C=C5C(=O)c6cscc6C5=O)ccc2c34)cc1. The Morgan fingerprint density at radius 2 is 1.41 bits per heavy atom. The molecule has 3 nitrogen and oxygen atoms in total. The summed E-state index contributed by atoms with van der Waals surface area (Å²) in [5.41, 5.74) is 9.11. The molecule has 0 N–H and O–H groups in total. The number of anilines is 3. The molecule has 37 heavy (non-hydrogen) atoms. The highest BCUT2D eigenvalue weighted by Gasteiger charge is 2.34. The first-order valence-electron chi connectivity index (χ1n) is 12.5. The molecule has 7 rings (SSSR count). The van der Waals surface area contributed by atoms with E-state index in [2.05, 4.69) is 91.5 Å². The van der Waals surface area contributed by atoms with E-state index in [0.29, 0.717) is 17.0 Å². The number of benzene rings is 4. The Morgan fingerprint density at radius 3 is 2.14 bits per heavy atom. The quantitative estimate of drug-likeness (QED) is 0.181. The molecule has 0 radical (unpaired) electrons. The Kier molecular flexibility index (Phi) is 4.82. The number of rotatable bonds is 3. The van der Waals surface area contributed by atoms with Gasteiger partial charge in [-0.05, 0) is 58.3 Å². The maximum absolute atomic E-state index is 13.0. The summed E-state index contributed by atoms with van der Waals surface area (Å²) in [7, 11) is 0. The van der Waals surface area contributed by atoms with Gasteiger partial charge in [-0.1, -0.05) is 68.4 Å². The molecule has 178 valence electrons. The van der Waals surface area contributed by atoms with Crippen LogP contribution in [-0.2, 0) is 0 Å². The number of carbonyl (C=O) groups excluding carboxylic acids is 2. The first-order chi connectivity index (χ1) is 18.0. The first kappa shape index (κ1) is 22.0. The van der Waals surface area contributed by atoms with Crippen molar-refractivity contribution in [3.05, 3.63) is 117 Å². The van der Waals surface area contributed by atoms with Gasteiger partial charge >= 0.3 is 0 Å². The van der Waals surface area contributed by atoms with Crippen LogP contribution in [0.4, 0.5) is 17.1 Å². The van der Waals surface area contributed by atoms with Crippen molar-refractivity contribution in [3.63, 3.8) is 0 Å². The second-order valence-electron chi connectivity index (χ2n) is 9.92. The Hall–Kier alpha value is -4.28. The number of thiophene rings is 1. The van der Waals surface area contributed by atoms with Crippen LogP contribution in [0.25, 0.3) is 28.0 Å². The molecule has 1 aliphatic heterocycles. The summed E-state index contributed by atoms with van der Waals surface area (Å²) in [4.78, 5) is 28.3. The molecule has 0 unspecified atom stereocenters. The fourth-order valence-corrected chi connectivity index (χ4v) is 6.40. The van der Waals surface area contributed by atoms with E-state index in [-0.39, 0.29) is 17.1 Å². The minimum Gasteiger partial charge on any atom is -0.309 e. The summed E-state index contributed by atoms with van der Waals surface area (Å²) in [5.74, 6) is 0.103. The van der Waals surface area contributed by atoms with Gasteiger partial charge in [-0.15, -0.1) is 0 Å². The molecule has 2 aliphatic rings. The Bertz CT molecular complexity index is 1760. The molecule has 0 atom stereocenters. The van der Waals surface area contributed by atoms with Crippen molar-refractivity contribution >= 4 is 56.8 Å². The fourth-order valence-electron chi connectivity index (χ4n) is 5.59. The van der Waals surface area contributed by atoms with E-state index < -0.39 is 0 Å². The number of allylic oxidation sites excluding steroid dienone is 1. The van der Waals surface area contributed by atoms with Gasteiger partial charge in [-0.25, -0.2) is 0 Å². The summed E-state index contributed by atoms with van der Waals surface area (Å²) < 4.78 is 0. The highest BCUT2D eigenvalue weighted by atomic mass is 32.1. The van der Waals surface area contributed by atoms with E-state index in [1.165, 1.54) is 16.9 Å². The average molecular weight is 498 g/mol. The number of carbonyl (C=O) groups is 2. The zero-order valence-corrected chi connectivity index (χ0v) is 21.3. The molecule has 0 fully saturated rings. The molecule has 4 heteroatoms. The van der Waals surface area contributed by atoms with Crippen LogP contribution in [-0.4, -0.2) is 11.6 Å². The van der Waals surface area contributed by atoms with Crippen molar-refractivity contribution in [2.75, 3.05) is 4.90 Å². The molecule has 1 aromatic heterocycles. The van der Waals surface area contributed by atoms with Gasteiger partial charge in [-0.2, -0.15) is 11.3 Å². The van der Waals surface area contributed by atoms with Crippen LogP contribution in [0.2, 0.25) is 0 Å². The van der Waals surface area contributed by atoms with Crippen LogP contribution >= 0.6 is 11.3 Å². The summed E-state index contributed by atoms with van der Waals surface area (Å²) >= 11 is 1.39. The minimum absolute atomic E-state index is 0.182. The zero-order chi connectivity index (χ0) is 25.3. The molecule has 5 aromatic rings. The largest absolute Gasteiger partial charge is 0.309 e. The molecule has 2 heterocycles. The Labute approximate surface area is 219 Å². The van der Waals surface area contributed by atoms with Crippen LogP contribution in [0.3, 0.4) is 0 Å². The van der Waals surface area contributed by atoms with Gasteiger partial charge in [0.2, 0.25) is 0 Å². The number of fused-ring (bicyclic) bond motifs is 3. The standard InChI is InChI=1S/C33H23NO2S/c1-19(2)20-10-13-22(14-11-20)34-29-9-4-3-6-24(29)25-8-5-7-23-21(12-15-30(34)31(23)25)16-26-32(35)27-17-37-18-28(27)33(26)36/h3-19H,1-2H3. The van der Waals surface area contributed by atoms with Gasteiger partial charge in [0, 0.05) is 38.5 Å². The summed E-state index contributed by atoms with van der Waals surface area (Å²) in [6.07, 6.45) is 1.78. The third kappa shape index (κ3) is 3.19. The predicted octanol–water partition coefficient (Wildman–Crippen LogP) is 8.94. The van der Waals surface area contributed by atoms with Crippen LogP contribution in [0.15, 0.2) is 95.2 Å². The van der Waals surface area contributed by atoms with E-state index in [9.17, 15) is 9.59 Å². The van der Waals surface area contributed by atoms with Crippen molar-refractivity contribution in [3.8, 4) is 11.1 Å². The minimum atomic E-state index is -0.182. The third-order valence-corrected chi connectivity index (χ3v) is 8.23. The predicted molar refractivity (Wildman–Crippen MR) is 153 cm³/mol. The Balaban J connectivity index is 1.45. The molecule has 0 spiro atoms. The van der Waals surface area contributed by atoms with E-state index in [0.717, 1.165) is 44.5 Å². The molecule has 0 amide bonds. The van der Waals surface area contributed by atoms with E-state index in [1.807, 2.05) is 6.07 Å². The van der Waals surface area contributed by atoms with Gasteiger partial charge < -0.3 is 4.90 Å². The number of hydrogen-bond acceptors (Lipinski definition) is 4. The molecule has 1 aliphatic carbocycles. The number of hydrogen-bond donors (Lipinski definition) is 0. The fraction of sp³-hybridized carbons (Fsp3) is 0.0909. The number of ketones is 2. The lowest BCUT2D eigenvalue weighted by Gasteiger charge is -2.34. The Morgan fingerprint density at radius 1 is 0.703 bits per heavy atom. The smallest absolute Gasteiger partial charge is 0.198 e. The normalized spacial score (nSPS) is 13.9. The lowest BCUT2D eigenvalue weighted by molar-refractivity contribution is 0.0990. The molecular weight excluding hydrogens is 474 g/mol. The van der Waals surface area contributed by atoms with Crippen molar-refractivity contribution in [1.29, 1.82) is 0 Å². The van der Waals surface area contributed by atoms with Crippen LogP contribution in [0, 0.1) is 0 Å². The lowest BCUT2D eigenvalue weighted by Crippen LogP contribution is -2.15. The highest BCUT2D eigenvalue weighted by molar-refractivity contribution is 7.08. The van der Waals surface area contributed by atoms with Crippen molar-refractivity contribution in [2.45, 2.75) is 19.8 Å². The topological polar surface area (TPSA) is 37.4 Å². The van der Waals surface area contributed by atoms with Gasteiger partial charge in [0.15, 0.2) is 11.6 Å². The second kappa shape index (κ2) is 8.12. The third-order valence-electron chi connectivity index (χ3n) is 7.49. The molecule has 0 saturated carbocycles. The number of nitrogens with zero attached hydrogens (tertiary/aromatic N) is 1. The maximum Gasteiger partial charge on any atom is 0.198 e. The van der Waals surface area contributed by atoms with Crippen molar-refractivity contribution < 1.29 is 9.59 Å². The van der Waals surface area contributed by atoms with Crippen LogP contribution < -0.4 is 4.90 Å². The van der Waals surface area contributed by atoms with Crippen molar-refractivity contribution in [2.24, 2.45) is 0 Å². The van der Waals surface area contributed by atoms with E-state index >= 15 is 0 Å². The molecular formula is C33H23NO2S. The van der Waals surface area contributed by atoms with Crippen LogP contribution in [0.1, 0.15) is 51.6 Å². The zero-order valence-electron chi connectivity index (χ0n) is 20.5. The highest BCUT2D eigenvalue weighted by Crippen LogP contribution is 2.51. The maximum atomic E-state index is 13.0. The van der Waals surface area contributed by atoms with Crippen LogP contribution in [0.5, 0.6) is 0 Å². The number of Topliss-reactive ketones (excluding diaryl/α,β-unsaturated/α-hetero) is 2. The van der Waals surface area contributed by atoms with Gasteiger partial charge in [0.25, 0.3) is 0 Å². The van der Waals surface area contributed by atoms with Gasteiger partial charge in [0.1, 0.15) is 0 Å². The van der Waals surface area contributed by atoms with E-state index in [1.54, 1.807) is 16.8 Å². The molecule has 0 bridgehead atoms. The lowest BCUT2D eigenvalue weighted by atomic mass is 9.88. The summed E-state index contributed by atoms with van der Waals surface area (Å²) in [5, 5.41) is 5.69. The second-order valence-corrected chi connectivity index (χ2v) is 10.7.